The highest BCUT2D eigenvalue weighted by Crippen LogP contribution is 2.21. The number of phenolic OH excluding ortho intramolecular Hbond substituents is 1. The maximum atomic E-state index is 12.3. The number of carbonyl (C=O) groups excluding carboxylic acids is 1. The van der Waals surface area contributed by atoms with E-state index in [4.69, 9.17) is 0 Å². The number of hydrogen-bond acceptors (Lipinski definition) is 2. The van der Waals surface area contributed by atoms with Crippen LogP contribution in [0.15, 0.2) is 48.5 Å². The summed E-state index contributed by atoms with van der Waals surface area (Å²) in [6.07, 6.45) is 0. The van der Waals surface area contributed by atoms with E-state index in [9.17, 15) is 9.90 Å². The monoisotopic (exact) mass is 367 g/mol. The van der Waals surface area contributed by atoms with Gasteiger partial charge in [0.15, 0.2) is 0 Å². The summed E-state index contributed by atoms with van der Waals surface area (Å²) in [5.41, 5.74) is 1.40. The zero-order chi connectivity index (χ0) is 13.8. The van der Waals surface area contributed by atoms with Crippen LogP contribution in [0.5, 0.6) is 5.75 Å². The van der Waals surface area contributed by atoms with Crippen LogP contribution in [0, 0.1) is 3.57 Å². The Hall–Kier alpha value is -1.56. The predicted molar refractivity (Wildman–Crippen MR) is 83.1 cm³/mol. The summed E-state index contributed by atoms with van der Waals surface area (Å²) in [4.78, 5) is 13.9. The van der Waals surface area contributed by atoms with E-state index in [1.807, 2.05) is 30.3 Å². The molecule has 0 unspecified atom stereocenters. The fourth-order valence-corrected chi connectivity index (χ4v) is 2.31. The lowest BCUT2D eigenvalue weighted by molar-refractivity contribution is 0.0782. The maximum absolute atomic E-state index is 12.3. The summed E-state index contributed by atoms with van der Waals surface area (Å²) in [5.74, 6) is -0.162. The number of amides is 1. The van der Waals surface area contributed by atoms with E-state index in [1.165, 1.54) is 0 Å². The Bertz CT molecular complexity index is 584. The molecule has 98 valence electrons. The molecule has 0 atom stereocenters. The van der Waals surface area contributed by atoms with Crippen molar-refractivity contribution in [2.75, 3.05) is 7.05 Å². The molecule has 0 saturated carbocycles. The molecule has 0 bridgehead atoms. The van der Waals surface area contributed by atoms with Crippen molar-refractivity contribution in [3.8, 4) is 5.75 Å². The van der Waals surface area contributed by atoms with Crippen molar-refractivity contribution >= 4 is 28.5 Å². The summed E-state index contributed by atoms with van der Waals surface area (Å²) in [7, 11) is 1.73. The third-order valence-electron chi connectivity index (χ3n) is 2.80. The highest BCUT2D eigenvalue weighted by atomic mass is 127. The third kappa shape index (κ3) is 3.47. The van der Waals surface area contributed by atoms with Crippen LogP contribution in [0.4, 0.5) is 0 Å². The Labute approximate surface area is 126 Å². The fraction of sp³-hybridized carbons (Fsp3) is 0.133. The van der Waals surface area contributed by atoms with E-state index < -0.39 is 0 Å². The molecule has 2 rings (SSSR count). The van der Waals surface area contributed by atoms with E-state index in [-0.39, 0.29) is 11.7 Å². The summed E-state index contributed by atoms with van der Waals surface area (Å²) >= 11 is 2.12. The second-order valence-corrected chi connectivity index (χ2v) is 5.55. The Morgan fingerprint density at radius 3 is 2.58 bits per heavy atom. The van der Waals surface area contributed by atoms with Crippen LogP contribution < -0.4 is 0 Å². The fourth-order valence-electron chi connectivity index (χ4n) is 1.81. The largest absolute Gasteiger partial charge is 0.507 e. The molecule has 1 amide bonds. The van der Waals surface area contributed by atoms with Gasteiger partial charge in [0.2, 0.25) is 0 Å². The summed E-state index contributed by atoms with van der Waals surface area (Å²) in [5, 5.41) is 9.77. The van der Waals surface area contributed by atoms with Gasteiger partial charge in [0.25, 0.3) is 5.91 Å². The number of nitrogens with zero attached hydrogens (tertiary/aromatic N) is 1. The van der Waals surface area contributed by atoms with Crippen molar-refractivity contribution in [1.29, 1.82) is 0 Å². The first-order valence-corrected chi connectivity index (χ1v) is 6.93. The second-order valence-electron chi connectivity index (χ2n) is 4.31. The molecule has 0 aliphatic rings. The number of aromatic hydroxyl groups is 1. The number of benzene rings is 2. The zero-order valence-corrected chi connectivity index (χ0v) is 12.7. The Morgan fingerprint density at radius 2 is 1.89 bits per heavy atom. The molecule has 2 aromatic rings. The minimum absolute atomic E-state index is 0.0188. The maximum Gasteiger partial charge on any atom is 0.257 e. The molecule has 0 saturated heterocycles. The molecule has 0 aromatic heterocycles. The van der Waals surface area contributed by atoms with E-state index in [1.54, 1.807) is 30.1 Å². The minimum atomic E-state index is -0.181. The van der Waals surface area contributed by atoms with E-state index in [2.05, 4.69) is 22.6 Å². The van der Waals surface area contributed by atoms with Crippen LogP contribution in [0.3, 0.4) is 0 Å². The van der Waals surface area contributed by atoms with Gasteiger partial charge < -0.3 is 10.0 Å². The molecular weight excluding hydrogens is 353 g/mol. The summed E-state index contributed by atoms with van der Waals surface area (Å²) in [6.45, 7) is 0.518. The molecule has 0 fully saturated rings. The van der Waals surface area contributed by atoms with Crippen LogP contribution in [0.25, 0.3) is 0 Å². The third-order valence-corrected chi connectivity index (χ3v) is 3.47. The summed E-state index contributed by atoms with van der Waals surface area (Å²) < 4.78 is 0.923. The van der Waals surface area contributed by atoms with Crippen LogP contribution in [0.1, 0.15) is 15.9 Å². The van der Waals surface area contributed by atoms with Crippen LogP contribution in [-0.2, 0) is 6.54 Å². The lowest BCUT2D eigenvalue weighted by Crippen LogP contribution is -2.26. The molecule has 19 heavy (non-hydrogen) atoms. The predicted octanol–water partition coefficient (Wildman–Crippen LogP) is 3.27. The molecule has 0 spiro atoms. The number of hydrogen-bond donors (Lipinski definition) is 1. The van der Waals surface area contributed by atoms with Gasteiger partial charge in [-0.15, -0.1) is 0 Å². The number of rotatable bonds is 3. The molecule has 0 aliphatic carbocycles. The van der Waals surface area contributed by atoms with Gasteiger partial charge in [-0.05, 0) is 46.4 Å². The zero-order valence-electron chi connectivity index (χ0n) is 10.5. The highest BCUT2D eigenvalue weighted by Gasteiger charge is 2.16. The van der Waals surface area contributed by atoms with E-state index >= 15 is 0 Å². The van der Waals surface area contributed by atoms with Crippen molar-refractivity contribution in [2.45, 2.75) is 6.54 Å². The standard InChI is InChI=1S/C15H14INO2/c1-17(10-11-5-3-2-4-6-11)15(19)13-9-12(16)7-8-14(13)18/h2-9,18H,10H2,1H3. The molecule has 4 heteroatoms. The van der Waals surface area contributed by atoms with Crippen LogP contribution >= 0.6 is 22.6 Å². The van der Waals surface area contributed by atoms with E-state index in [0.29, 0.717) is 12.1 Å². The van der Waals surface area contributed by atoms with Crippen molar-refractivity contribution in [3.05, 3.63) is 63.2 Å². The Morgan fingerprint density at radius 1 is 1.21 bits per heavy atom. The van der Waals surface area contributed by atoms with Crippen LogP contribution in [0.2, 0.25) is 0 Å². The Balaban J connectivity index is 2.17. The normalized spacial score (nSPS) is 10.2. The summed E-state index contributed by atoms with van der Waals surface area (Å²) in [6, 6.07) is 14.8. The first kappa shape index (κ1) is 13.9. The lowest BCUT2D eigenvalue weighted by atomic mass is 10.1. The van der Waals surface area contributed by atoms with Gasteiger partial charge in [0, 0.05) is 17.2 Å². The van der Waals surface area contributed by atoms with Gasteiger partial charge in [-0.3, -0.25) is 4.79 Å². The van der Waals surface area contributed by atoms with Gasteiger partial charge >= 0.3 is 0 Å². The quantitative estimate of drug-likeness (QED) is 0.846. The first-order valence-electron chi connectivity index (χ1n) is 5.86. The SMILES string of the molecule is CN(Cc1ccccc1)C(=O)c1cc(I)ccc1O. The molecular formula is C15H14INO2. The molecule has 1 N–H and O–H groups in total. The lowest BCUT2D eigenvalue weighted by Gasteiger charge is -2.18. The average molecular weight is 367 g/mol. The molecule has 0 aliphatic heterocycles. The highest BCUT2D eigenvalue weighted by molar-refractivity contribution is 14.1. The van der Waals surface area contributed by atoms with Gasteiger partial charge in [-0.1, -0.05) is 30.3 Å². The van der Waals surface area contributed by atoms with Crippen molar-refractivity contribution in [3.63, 3.8) is 0 Å². The number of phenols is 1. The molecule has 3 nitrogen and oxygen atoms in total. The smallest absolute Gasteiger partial charge is 0.257 e. The van der Waals surface area contributed by atoms with Gasteiger partial charge in [-0.2, -0.15) is 0 Å². The second kappa shape index (κ2) is 6.06. The van der Waals surface area contributed by atoms with Gasteiger partial charge in [0.05, 0.1) is 5.56 Å². The topological polar surface area (TPSA) is 40.5 Å². The van der Waals surface area contributed by atoms with Crippen molar-refractivity contribution in [2.24, 2.45) is 0 Å². The van der Waals surface area contributed by atoms with Crippen molar-refractivity contribution in [1.82, 2.24) is 4.90 Å². The first-order chi connectivity index (χ1) is 9.08. The molecule has 2 aromatic carbocycles. The van der Waals surface area contributed by atoms with Crippen molar-refractivity contribution < 1.29 is 9.90 Å². The molecule has 0 heterocycles. The van der Waals surface area contributed by atoms with Gasteiger partial charge in [0.1, 0.15) is 5.75 Å². The number of carbonyl (C=O) groups is 1. The van der Waals surface area contributed by atoms with E-state index in [0.717, 1.165) is 9.13 Å². The average Bonchev–Trinajstić information content (AvgIpc) is 2.42. The minimum Gasteiger partial charge on any atom is -0.507 e. The van der Waals surface area contributed by atoms with Crippen LogP contribution in [-0.4, -0.2) is 23.0 Å². The number of halogens is 1. The Kier molecular flexibility index (Phi) is 4.42. The molecule has 0 radical (unpaired) electrons. The van der Waals surface area contributed by atoms with Gasteiger partial charge in [-0.25, -0.2) is 0 Å².